The lowest BCUT2D eigenvalue weighted by atomic mass is 9.96. The van der Waals surface area contributed by atoms with E-state index in [2.05, 4.69) is 18.1 Å². The minimum atomic E-state index is -3.52. The molecule has 5 nitrogen and oxygen atoms in total. The molecule has 0 aliphatic carbocycles. The summed E-state index contributed by atoms with van der Waals surface area (Å²) in [6.07, 6.45) is 4.11. The number of halogens is 1. The molecule has 0 atom stereocenters. The number of rotatable bonds is 5. The molecular formula is C22H25ClN2O3S2. The van der Waals surface area contributed by atoms with Crippen molar-refractivity contribution in [1.29, 1.82) is 0 Å². The lowest BCUT2D eigenvalue weighted by Crippen LogP contribution is -2.39. The molecule has 160 valence electrons. The van der Waals surface area contributed by atoms with Crippen molar-refractivity contribution in [2.75, 3.05) is 31.8 Å². The smallest absolute Gasteiger partial charge is 0.223 e. The monoisotopic (exact) mass is 464 g/mol. The van der Waals surface area contributed by atoms with Gasteiger partial charge in [-0.05, 0) is 53.8 Å². The van der Waals surface area contributed by atoms with Gasteiger partial charge in [0.1, 0.15) is 0 Å². The van der Waals surface area contributed by atoms with Gasteiger partial charge in [0.05, 0.1) is 16.5 Å². The van der Waals surface area contributed by atoms with E-state index in [1.807, 2.05) is 22.7 Å². The van der Waals surface area contributed by atoms with Crippen LogP contribution < -0.4 is 0 Å². The number of amides is 1. The van der Waals surface area contributed by atoms with Crippen LogP contribution in [0.3, 0.4) is 0 Å². The summed E-state index contributed by atoms with van der Waals surface area (Å²) in [5, 5.41) is 2.32. The van der Waals surface area contributed by atoms with E-state index in [0.717, 1.165) is 29.5 Å². The van der Waals surface area contributed by atoms with Gasteiger partial charge < -0.3 is 9.80 Å². The standard InChI is InChI=1S/C22H25ClN2O3S2/c1-24-14-21(29-15-24)16-6-9-25(10-7-16)22(26)8-11-30(27,28)20-5-3-17-12-19(23)4-2-18(17)13-20/h2-5,12-14,16H,6-11,15H2,1H3. The van der Waals surface area contributed by atoms with Crippen LogP contribution in [0, 0.1) is 5.92 Å². The molecule has 0 saturated carbocycles. The molecule has 2 aromatic carbocycles. The van der Waals surface area contributed by atoms with Crippen LogP contribution in [0.15, 0.2) is 52.4 Å². The molecule has 8 heteroatoms. The van der Waals surface area contributed by atoms with Gasteiger partial charge >= 0.3 is 0 Å². The Bertz CT molecular complexity index is 1090. The molecule has 0 radical (unpaired) electrons. The van der Waals surface area contributed by atoms with Gasteiger partial charge in [0.15, 0.2) is 9.84 Å². The zero-order valence-electron chi connectivity index (χ0n) is 16.9. The number of carbonyl (C=O) groups excluding carboxylic acids is 1. The highest BCUT2D eigenvalue weighted by atomic mass is 35.5. The summed E-state index contributed by atoms with van der Waals surface area (Å²) in [6, 6.07) is 10.4. The number of fused-ring (bicyclic) bond motifs is 1. The van der Waals surface area contributed by atoms with Crippen LogP contribution in [0.5, 0.6) is 0 Å². The highest BCUT2D eigenvalue weighted by Gasteiger charge is 2.28. The first-order valence-corrected chi connectivity index (χ1v) is 13.1. The minimum absolute atomic E-state index is 0.0197. The van der Waals surface area contributed by atoms with Crippen LogP contribution in [-0.4, -0.2) is 55.9 Å². The molecule has 0 N–H and O–H groups in total. The van der Waals surface area contributed by atoms with E-state index in [1.54, 1.807) is 30.3 Å². The third kappa shape index (κ3) is 4.79. The average Bonchev–Trinajstić information content (AvgIpc) is 3.18. The highest BCUT2D eigenvalue weighted by Crippen LogP contribution is 2.36. The number of benzene rings is 2. The first-order valence-electron chi connectivity index (χ1n) is 10.1. The zero-order valence-corrected chi connectivity index (χ0v) is 19.3. The van der Waals surface area contributed by atoms with E-state index in [-0.39, 0.29) is 23.0 Å². The van der Waals surface area contributed by atoms with Crippen molar-refractivity contribution in [3.05, 3.63) is 52.5 Å². The predicted molar refractivity (Wildman–Crippen MR) is 123 cm³/mol. The topological polar surface area (TPSA) is 57.7 Å². The summed E-state index contributed by atoms with van der Waals surface area (Å²) in [5.41, 5.74) is 0. The molecule has 4 rings (SSSR count). The van der Waals surface area contributed by atoms with Crippen molar-refractivity contribution in [2.45, 2.75) is 24.2 Å². The third-order valence-corrected chi connectivity index (χ3v) is 9.01. The van der Waals surface area contributed by atoms with E-state index >= 15 is 0 Å². The first-order chi connectivity index (χ1) is 14.3. The quantitative estimate of drug-likeness (QED) is 0.657. The number of sulfone groups is 1. The van der Waals surface area contributed by atoms with E-state index in [4.69, 9.17) is 11.6 Å². The van der Waals surface area contributed by atoms with Crippen LogP contribution >= 0.6 is 23.4 Å². The number of allylic oxidation sites excluding steroid dienone is 1. The Morgan fingerprint density at radius 3 is 2.53 bits per heavy atom. The molecule has 1 saturated heterocycles. The number of likely N-dealkylation sites (tertiary alicyclic amines) is 1. The summed E-state index contributed by atoms with van der Waals surface area (Å²) >= 11 is 7.87. The van der Waals surface area contributed by atoms with Gasteiger partial charge in [-0.2, -0.15) is 0 Å². The Kier molecular flexibility index (Phi) is 6.32. The van der Waals surface area contributed by atoms with Crippen molar-refractivity contribution in [3.8, 4) is 0 Å². The van der Waals surface area contributed by atoms with Crippen LogP contribution in [-0.2, 0) is 14.6 Å². The normalized spacial score (nSPS) is 18.1. The summed E-state index contributed by atoms with van der Waals surface area (Å²) in [7, 11) is -1.45. The number of hydrogen-bond donors (Lipinski definition) is 0. The van der Waals surface area contributed by atoms with Crippen molar-refractivity contribution >= 4 is 49.9 Å². The average molecular weight is 465 g/mol. The molecule has 2 aliphatic rings. The van der Waals surface area contributed by atoms with Gasteiger partial charge in [-0.25, -0.2) is 8.42 Å². The van der Waals surface area contributed by atoms with Gasteiger partial charge in [-0.1, -0.05) is 23.7 Å². The summed E-state index contributed by atoms with van der Waals surface area (Å²) < 4.78 is 25.6. The zero-order chi connectivity index (χ0) is 21.3. The van der Waals surface area contributed by atoms with Crippen LogP contribution in [0.25, 0.3) is 10.8 Å². The van der Waals surface area contributed by atoms with Crippen LogP contribution in [0.2, 0.25) is 5.02 Å². The number of thioether (sulfide) groups is 1. The van der Waals surface area contributed by atoms with E-state index in [1.165, 1.54) is 4.91 Å². The molecule has 1 amide bonds. The second kappa shape index (κ2) is 8.81. The maximum atomic E-state index is 12.8. The number of nitrogens with zero attached hydrogens (tertiary/aromatic N) is 2. The van der Waals surface area contributed by atoms with Crippen molar-refractivity contribution in [2.24, 2.45) is 5.92 Å². The van der Waals surface area contributed by atoms with Gasteiger partial charge in [0.25, 0.3) is 0 Å². The van der Waals surface area contributed by atoms with Crippen LogP contribution in [0.4, 0.5) is 0 Å². The second-order valence-electron chi connectivity index (χ2n) is 7.94. The molecule has 2 aliphatic heterocycles. The van der Waals surface area contributed by atoms with Gasteiger partial charge in [-0.3, -0.25) is 4.79 Å². The van der Waals surface area contributed by atoms with Gasteiger partial charge in [0, 0.05) is 42.7 Å². The summed E-state index contributed by atoms with van der Waals surface area (Å²) in [5.74, 6) is 1.26. The Balaban J connectivity index is 1.34. The molecule has 0 aromatic heterocycles. The fourth-order valence-electron chi connectivity index (χ4n) is 3.99. The molecule has 0 unspecified atom stereocenters. The van der Waals surface area contributed by atoms with Crippen molar-refractivity contribution in [1.82, 2.24) is 9.80 Å². The molecule has 0 bridgehead atoms. The fraction of sp³-hybridized carbons (Fsp3) is 0.409. The maximum Gasteiger partial charge on any atom is 0.223 e. The Hall–Kier alpha value is -1.70. The molecule has 1 fully saturated rings. The van der Waals surface area contributed by atoms with E-state index < -0.39 is 9.84 Å². The summed E-state index contributed by atoms with van der Waals surface area (Å²) in [6.45, 7) is 1.39. The van der Waals surface area contributed by atoms with E-state index in [0.29, 0.717) is 24.0 Å². The largest absolute Gasteiger partial charge is 0.370 e. The Morgan fingerprint density at radius 1 is 1.13 bits per heavy atom. The maximum absolute atomic E-state index is 12.8. The van der Waals surface area contributed by atoms with Crippen molar-refractivity contribution < 1.29 is 13.2 Å². The highest BCUT2D eigenvalue weighted by molar-refractivity contribution is 8.03. The summed E-state index contributed by atoms with van der Waals surface area (Å²) in [4.78, 5) is 18.3. The number of piperidine rings is 1. The van der Waals surface area contributed by atoms with Gasteiger partial charge in [0.2, 0.25) is 5.91 Å². The number of hydrogen-bond acceptors (Lipinski definition) is 5. The van der Waals surface area contributed by atoms with Crippen molar-refractivity contribution in [3.63, 3.8) is 0 Å². The lowest BCUT2D eigenvalue weighted by Gasteiger charge is -2.32. The Morgan fingerprint density at radius 2 is 1.83 bits per heavy atom. The van der Waals surface area contributed by atoms with Gasteiger partial charge in [-0.15, -0.1) is 11.8 Å². The minimum Gasteiger partial charge on any atom is -0.370 e. The SMILES string of the molecule is CN1C=C(C2CCN(C(=O)CCS(=O)(=O)c3ccc4cc(Cl)ccc4c3)CC2)SC1. The molecule has 0 spiro atoms. The van der Waals surface area contributed by atoms with Crippen LogP contribution in [0.1, 0.15) is 19.3 Å². The Labute approximate surface area is 187 Å². The predicted octanol–water partition coefficient (Wildman–Crippen LogP) is 4.37. The fourth-order valence-corrected chi connectivity index (χ4v) is 6.59. The number of carbonyl (C=O) groups is 1. The molecule has 2 aromatic rings. The lowest BCUT2D eigenvalue weighted by molar-refractivity contribution is -0.131. The molecule has 2 heterocycles. The first kappa shape index (κ1) is 21.5. The van der Waals surface area contributed by atoms with E-state index in [9.17, 15) is 13.2 Å². The third-order valence-electron chi connectivity index (χ3n) is 5.75. The molecule has 30 heavy (non-hydrogen) atoms. The molecular weight excluding hydrogens is 440 g/mol. The second-order valence-corrected chi connectivity index (χ2v) is 11.5.